The maximum Gasteiger partial charge on any atom is 0.417 e. The Morgan fingerprint density at radius 1 is 0.982 bits per heavy atom. The number of nitrogens with zero attached hydrogens (tertiary/aromatic N) is 4. The standard InChI is InChI=1S/C39H28Cl2F3N5O8/c1-57-29-4-2-3-28(50)31(29)32-23-13-14-24-30(36(53)47(34(24)51)21-9-11-22(12-10-21)49(55)56)25(23)16-26-35(52)48(37(54)38(26,32)18-5-7-20(40)8-6-18)46-33-27(41)15-19(17-45-33)39(42,43)44/h2-13,15,17,24-26,30,32,50H,14,16H2,1H3,(H,45,46)/t24-,25+,26-,30-,32+,38+/m0/s1. The van der Waals surface area contributed by atoms with Crippen molar-refractivity contribution < 1.29 is 47.1 Å². The van der Waals surface area contributed by atoms with Crippen LogP contribution >= 0.6 is 23.2 Å². The van der Waals surface area contributed by atoms with Crippen LogP contribution in [0.25, 0.3) is 0 Å². The van der Waals surface area contributed by atoms with Crippen LogP contribution in [0.3, 0.4) is 0 Å². The third-order valence-corrected chi connectivity index (χ3v) is 12.0. The highest BCUT2D eigenvalue weighted by molar-refractivity contribution is 6.33. The Bertz CT molecular complexity index is 2430. The van der Waals surface area contributed by atoms with Gasteiger partial charge in [0, 0.05) is 34.8 Å². The van der Waals surface area contributed by atoms with Gasteiger partial charge in [0.15, 0.2) is 5.82 Å². The molecular weight excluding hydrogens is 794 g/mol. The lowest BCUT2D eigenvalue weighted by atomic mass is 9.49. The molecule has 4 aliphatic rings. The zero-order chi connectivity index (χ0) is 40.7. The number of aromatic nitrogens is 1. The topological polar surface area (TPSA) is 172 Å². The molecule has 2 N–H and O–H groups in total. The van der Waals surface area contributed by atoms with E-state index in [9.17, 15) is 42.8 Å². The number of imide groups is 2. The van der Waals surface area contributed by atoms with E-state index >= 15 is 4.79 Å². The Morgan fingerprint density at radius 2 is 1.68 bits per heavy atom. The van der Waals surface area contributed by atoms with Crippen molar-refractivity contribution in [3.05, 3.63) is 127 Å². The summed E-state index contributed by atoms with van der Waals surface area (Å²) in [5.41, 5.74) is 0.178. The number of anilines is 2. The number of hydrazine groups is 1. The zero-order valence-electron chi connectivity index (χ0n) is 29.4. The number of halogens is 5. The third-order valence-electron chi connectivity index (χ3n) is 11.4. The Kier molecular flexibility index (Phi) is 9.03. The molecule has 0 bridgehead atoms. The number of benzene rings is 3. The molecule has 13 nitrogen and oxygen atoms in total. The van der Waals surface area contributed by atoms with Gasteiger partial charge in [-0.1, -0.05) is 53.1 Å². The van der Waals surface area contributed by atoms with Crippen molar-refractivity contribution in [2.45, 2.75) is 30.4 Å². The number of methoxy groups -OCH3 is 1. The average Bonchev–Trinajstić information content (AvgIpc) is 3.56. The van der Waals surface area contributed by atoms with Crippen molar-refractivity contribution in [2.75, 3.05) is 17.4 Å². The molecular formula is C39H28Cl2F3N5O8. The van der Waals surface area contributed by atoms with Gasteiger partial charge in [-0.15, -0.1) is 0 Å². The summed E-state index contributed by atoms with van der Waals surface area (Å²) in [6, 6.07) is 16.1. The van der Waals surface area contributed by atoms with Crippen LogP contribution in [0, 0.1) is 33.8 Å². The van der Waals surface area contributed by atoms with Gasteiger partial charge in [-0.25, -0.2) is 4.98 Å². The molecule has 292 valence electrons. The second-order valence-corrected chi connectivity index (χ2v) is 14.9. The quantitative estimate of drug-likeness (QED) is 0.0839. The predicted octanol–water partition coefficient (Wildman–Crippen LogP) is 7.22. The largest absolute Gasteiger partial charge is 0.508 e. The Balaban J connectivity index is 1.32. The summed E-state index contributed by atoms with van der Waals surface area (Å²) in [6.07, 6.45) is -2.71. The van der Waals surface area contributed by atoms with Crippen LogP contribution in [0.2, 0.25) is 10.0 Å². The summed E-state index contributed by atoms with van der Waals surface area (Å²) < 4.78 is 46.2. The van der Waals surface area contributed by atoms with Gasteiger partial charge in [0.25, 0.3) is 17.5 Å². The van der Waals surface area contributed by atoms with Crippen LogP contribution in [0.15, 0.2) is 90.6 Å². The van der Waals surface area contributed by atoms with E-state index in [2.05, 4.69) is 10.4 Å². The number of nitro benzene ring substituents is 1. The number of carbonyl (C=O) groups excluding carboxylic acids is 4. The maximum absolute atomic E-state index is 15.4. The number of phenols is 1. The minimum absolute atomic E-state index is 0.0213. The summed E-state index contributed by atoms with van der Waals surface area (Å²) in [7, 11) is 1.35. The first-order chi connectivity index (χ1) is 27.1. The molecule has 1 aromatic heterocycles. The zero-order valence-corrected chi connectivity index (χ0v) is 30.9. The number of hydrogen-bond donors (Lipinski definition) is 2. The average molecular weight is 823 g/mol. The van der Waals surface area contributed by atoms with Crippen LogP contribution in [0.5, 0.6) is 11.5 Å². The SMILES string of the molecule is COc1cccc(O)c1[C@H]1C2=CC[C@@H]3C(=O)N(c4ccc([N+](=O)[O-])cc4)C(=O)[C@@H]3[C@@H]2C[C@H]2C(=O)N(Nc3ncc(C(F)(F)F)cc3Cl)C(=O)[C@@]12c1ccc(Cl)cc1. The van der Waals surface area contributed by atoms with Gasteiger partial charge < -0.3 is 9.84 Å². The fourth-order valence-electron chi connectivity index (χ4n) is 9.08. The number of phenolic OH excluding ortho intramolecular Hbond substituents is 1. The number of fused-ring (bicyclic) bond motifs is 4. The number of hydrogen-bond acceptors (Lipinski definition) is 10. The third kappa shape index (κ3) is 5.71. The summed E-state index contributed by atoms with van der Waals surface area (Å²) in [4.78, 5) is 74.2. The normalized spacial score (nSPS) is 25.5. The lowest BCUT2D eigenvalue weighted by Gasteiger charge is -2.50. The molecule has 57 heavy (non-hydrogen) atoms. The van der Waals surface area contributed by atoms with Gasteiger partial charge in [0.1, 0.15) is 11.5 Å². The van der Waals surface area contributed by atoms with Crippen LogP contribution in [0.1, 0.15) is 35.4 Å². The van der Waals surface area contributed by atoms with E-state index in [-0.39, 0.29) is 46.8 Å². The number of alkyl halides is 3. The number of non-ortho nitro benzene ring substituents is 1. The lowest BCUT2D eigenvalue weighted by Crippen LogP contribution is -2.53. The Labute approximate surface area is 330 Å². The van der Waals surface area contributed by atoms with Gasteiger partial charge in [0.05, 0.1) is 51.5 Å². The molecule has 3 heterocycles. The van der Waals surface area contributed by atoms with Gasteiger partial charge in [-0.05, 0) is 66.8 Å². The molecule has 3 aromatic carbocycles. The van der Waals surface area contributed by atoms with Crippen LogP contribution in [-0.4, -0.2) is 50.8 Å². The van der Waals surface area contributed by atoms with Crippen LogP contribution < -0.4 is 15.1 Å². The number of pyridine rings is 1. The molecule has 4 amide bonds. The van der Waals surface area contributed by atoms with Crippen molar-refractivity contribution in [3.63, 3.8) is 0 Å². The van der Waals surface area contributed by atoms with Crippen molar-refractivity contribution in [3.8, 4) is 11.5 Å². The molecule has 0 unspecified atom stereocenters. The molecule has 8 rings (SSSR count). The number of aromatic hydroxyl groups is 1. The van der Waals surface area contributed by atoms with Crippen molar-refractivity contribution in [2.24, 2.45) is 23.7 Å². The highest BCUT2D eigenvalue weighted by atomic mass is 35.5. The second-order valence-electron chi connectivity index (χ2n) is 14.1. The minimum atomic E-state index is -4.79. The summed E-state index contributed by atoms with van der Waals surface area (Å²) in [5, 5.41) is 23.4. The van der Waals surface area contributed by atoms with Crippen molar-refractivity contribution in [1.82, 2.24) is 9.99 Å². The molecule has 0 radical (unpaired) electrons. The van der Waals surface area contributed by atoms with Gasteiger partial charge in [0.2, 0.25) is 11.8 Å². The molecule has 2 saturated heterocycles. The van der Waals surface area contributed by atoms with Gasteiger partial charge in [-0.3, -0.25) is 39.6 Å². The lowest BCUT2D eigenvalue weighted by molar-refractivity contribution is -0.384. The fourth-order valence-corrected chi connectivity index (χ4v) is 9.41. The van der Waals surface area contributed by atoms with Gasteiger partial charge >= 0.3 is 6.18 Å². The number of allylic oxidation sites excluding steroid dienone is 2. The molecule has 3 fully saturated rings. The number of nitro groups is 1. The van der Waals surface area contributed by atoms with E-state index in [1.54, 1.807) is 24.3 Å². The first-order valence-electron chi connectivity index (χ1n) is 17.4. The van der Waals surface area contributed by atoms with Crippen molar-refractivity contribution in [1.29, 1.82) is 0 Å². The van der Waals surface area contributed by atoms with Crippen molar-refractivity contribution >= 4 is 64.0 Å². The number of carbonyl (C=O) groups is 4. The fraction of sp³-hybridized carbons (Fsp3) is 0.256. The minimum Gasteiger partial charge on any atom is -0.508 e. The second kappa shape index (κ2) is 13.6. The van der Waals surface area contributed by atoms with Gasteiger partial charge in [-0.2, -0.15) is 18.2 Å². The summed E-state index contributed by atoms with van der Waals surface area (Å²) >= 11 is 12.6. The van der Waals surface area contributed by atoms with Crippen LogP contribution in [0.4, 0.5) is 30.4 Å². The Hall–Kier alpha value is -6.00. The van der Waals surface area contributed by atoms with E-state index in [0.29, 0.717) is 27.9 Å². The number of nitrogens with one attached hydrogen (secondary N) is 1. The molecule has 1 saturated carbocycles. The van der Waals surface area contributed by atoms with Crippen LogP contribution in [-0.2, 0) is 30.8 Å². The van der Waals surface area contributed by atoms with E-state index in [4.69, 9.17) is 27.9 Å². The summed E-state index contributed by atoms with van der Waals surface area (Å²) in [6.45, 7) is 0. The smallest absolute Gasteiger partial charge is 0.417 e. The Morgan fingerprint density at radius 3 is 2.32 bits per heavy atom. The molecule has 0 spiro atoms. The molecule has 2 aliphatic carbocycles. The number of amides is 4. The van der Waals surface area contributed by atoms with E-state index in [0.717, 1.165) is 4.90 Å². The molecule has 4 aromatic rings. The molecule has 6 atom stereocenters. The first kappa shape index (κ1) is 37.9. The maximum atomic E-state index is 15.4. The number of rotatable bonds is 7. The monoisotopic (exact) mass is 821 g/mol. The highest BCUT2D eigenvalue weighted by Crippen LogP contribution is 2.66. The molecule has 2 aliphatic heterocycles. The summed E-state index contributed by atoms with van der Waals surface area (Å²) in [5.74, 6) is -8.94. The predicted molar refractivity (Wildman–Crippen MR) is 197 cm³/mol. The van der Waals surface area contributed by atoms with E-state index in [1.165, 1.54) is 55.6 Å². The molecule has 18 heteroatoms. The van der Waals surface area contributed by atoms with E-state index in [1.807, 2.05) is 0 Å². The highest BCUT2D eigenvalue weighted by Gasteiger charge is 2.71. The number of ether oxygens (including phenoxy) is 1. The van der Waals surface area contributed by atoms with E-state index < -0.39 is 86.1 Å². The first-order valence-corrected chi connectivity index (χ1v) is 18.2.